The first kappa shape index (κ1) is 24.4. The average Bonchev–Trinajstić information content (AvgIpc) is 3.24. The third-order valence-corrected chi connectivity index (χ3v) is 5.35. The second kappa shape index (κ2) is 10.9. The van der Waals surface area contributed by atoms with E-state index in [0.29, 0.717) is 0 Å². The SMILES string of the molecule is NC(N)=NCCNC(=O)c1ccc(C(=O)NC[C@H](NS(=O)(=O)c2ccccc2)C(=O)O)o1. The summed E-state index contributed by atoms with van der Waals surface area (Å²) in [7, 11) is -4.12. The van der Waals surface area contributed by atoms with Crippen LogP contribution in [-0.4, -0.2) is 62.9 Å². The van der Waals surface area contributed by atoms with Crippen LogP contribution in [0.3, 0.4) is 0 Å². The Morgan fingerprint density at radius 1 is 1.00 bits per heavy atom. The minimum Gasteiger partial charge on any atom is -0.480 e. The van der Waals surface area contributed by atoms with Crippen LogP contribution in [0.15, 0.2) is 56.8 Å². The highest BCUT2D eigenvalue weighted by Gasteiger charge is 2.26. The van der Waals surface area contributed by atoms with Crippen LogP contribution in [-0.2, 0) is 14.8 Å². The predicted octanol–water partition coefficient (Wildman–Crippen LogP) is -1.56. The molecule has 2 rings (SSSR count). The molecule has 172 valence electrons. The van der Waals surface area contributed by atoms with E-state index in [0.717, 1.165) is 0 Å². The number of nitrogens with two attached hydrogens (primary N) is 2. The number of nitrogens with zero attached hydrogens (tertiary/aromatic N) is 1. The number of aliphatic imine (C=N–C) groups is 1. The lowest BCUT2D eigenvalue weighted by Crippen LogP contribution is -2.48. The molecule has 0 aliphatic rings. The Balaban J connectivity index is 1.94. The summed E-state index contributed by atoms with van der Waals surface area (Å²) in [5.41, 5.74) is 10.3. The highest BCUT2D eigenvalue weighted by molar-refractivity contribution is 7.89. The molecule has 13 nitrogen and oxygen atoms in total. The van der Waals surface area contributed by atoms with Gasteiger partial charge in [-0.2, -0.15) is 4.72 Å². The quantitative estimate of drug-likeness (QED) is 0.128. The molecule has 2 amide bonds. The van der Waals surface area contributed by atoms with Crippen LogP contribution in [0.4, 0.5) is 0 Å². The Morgan fingerprint density at radius 3 is 2.16 bits per heavy atom. The van der Waals surface area contributed by atoms with Crippen LogP contribution in [0.5, 0.6) is 0 Å². The zero-order valence-electron chi connectivity index (χ0n) is 16.6. The van der Waals surface area contributed by atoms with Crippen LogP contribution in [0, 0.1) is 0 Å². The highest BCUT2D eigenvalue weighted by atomic mass is 32.2. The lowest BCUT2D eigenvalue weighted by molar-refractivity contribution is -0.138. The third-order valence-electron chi connectivity index (χ3n) is 3.86. The molecule has 0 unspecified atom stereocenters. The second-order valence-corrected chi connectivity index (χ2v) is 7.98. The van der Waals surface area contributed by atoms with E-state index < -0.39 is 40.4 Å². The molecule has 1 heterocycles. The van der Waals surface area contributed by atoms with Gasteiger partial charge in [0.05, 0.1) is 11.4 Å². The van der Waals surface area contributed by atoms with Gasteiger partial charge in [0, 0.05) is 13.1 Å². The van der Waals surface area contributed by atoms with E-state index in [1.54, 1.807) is 6.07 Å². The maximum absolute atomic E-state index is 12.3. The van der Waals surface area contributed by atoms with Gasteiger partial charge in [-0.15, -0.1) is 0 Å². The fraction of sp³-hybridized carbons (Fsp3) is 0.222. The predicted molar refractivity (Wildman–Crippen MR) is 112 cm³/mol. The van der Waals surface area contributed by atoms with Crippen molar-refractivity contribution >= 4 is 33.8 Å². The van der Waals surface area contributed by atoms with E-state index in [1.807, 2.05) is 4.72 Å². The summed E-state index contributed by atoms with van der Waals surface area (Å²) >= 11 is 0. The molecule has 0 radical (unpaired) electrons. The molecule has 0 aliphatic carbocycles. The van der Waals surface area contributed by atoms with Crippen molar-refractivity contribution in [2.75, 3.05) is 19.6 Å². The molecule has 1 aromatic heterocycles. The first-order chi connectivity index (χ1) is 15.1. The number of furan rings is 1. The number of carboxylic acids is 1. The maximum Gasteiger partial charge on any atom is 0.323 e. The third kappa shape index (κ3) is 7.10. The van der Waals surface area contributed by atoms with Gasteiger partial charge in [-0.05, 0) is 24.3 Å². The number of benzene rings is 1. The minimum atomic E-state index is -4.12. The fourth-order valence-corrected chi connectivity index (χ4v) is 3.55. The van der Waals surface area contributed by atoms with Gasteiger partial charge in [0.15, 0.2) is 17.5 Å². The summed E-state index contributed by atoms with van der Waals surface area (Å²) < 4.78 is 31.8. The standard InChI is InChI=1S/C18H22N6O7S/c19-18(20)22-9-8-21-15(25)13-6-7-14(31-13)16(26)23-10-12(17(27)28)24-32(29,30)11-4-2-1-3-5-11/h1-7,12,24H,8-10H2,(H,21,25)(H,23,26)(H,27,28)(H4,19,20,22)/t12-/m0/s1. The Bertz CT molecular complexity index is 1090. The smallest absolute Gasteiger partial charge is 0.323 e. The second-order valence-electron chi connectivity index (χ2n) is 6.26. The number of nitrogens with one attached hydrogen (secondary N) is 3. The number of rotatable bonds is 11. The summed E-state index contributed by atoms with van der Waals surface area (Å²) in [6.07, 6.45) is 0. The van der Waals surface area contributed by atoms with Crippen LogP contribution in [0.25, 0.3) is 0 Å². The molecule has 1 atom stereocenters. The van der Waals surface area contributed by atoms with E-state index in [4.69, 9.17) is 15.9 Å². The van der Waals surface area contributed by atoms with Crippen molar-refractivity contribution < 1.29 is 32.3 Å². The molecule has 0 fully saturated rings. The van der Waals surface area contributed by atoms with Gasteiger partial charge in [-0.1, -0.05) is 18.2 Å². The van der Waals surface area contributed by atoms with E-state index in [9.17, 15) is 27.9 Å². The molecule has 0 aliphatic heterocycles. The number of carbonyl (C=O) groups is 3. The van der Waals surface area contributed by atoms with Crippen LogP contribution >= 0.6 is 0 Å². The number of aliphatic carboxylic acids is 1. The van der Waals surface area contributed by atoms with Gasteiger partial charge in [-0.3, -0.25) is 19.4 Å². The lowest BCUT2D eigenvalue weighted by Gasteiger charge is -2.15. The van der Waals surface area contributed by atoms with Crippen LogP contribution in [0.1, 0.15) is 21.1 Å². The molecule has 8 N–H and O–H groups in total. The molecule has 0 saturated carbocycles. The van der Waals surface area contributed by atoms with Gasteiger partial charge in [0.25, 0.3) is 11.8 Å². The summed E-state index contributed by atoms with van der Waals surface area (Å²) in [6.45, 7) is -0.292. The largest absolute Gasteiger partial charge is 0.480 e. The van der Waals surface area contributed by atoms with Crippen molar-refractivity contribution in [1.29, 1.82) is 0 Å². The Hall–Kier alpha value is -3.91. The normalized spacial score (nSPS) is 11.9. The van der Waals surface area contributed by atoms with E-state index in [1.165, 1.54) is 36.4 Å². The van der Waals surface area contributed by atoms with Crippen molar-refractivity contribution in [3.63, 3.8) is 0 Å². The summed E-state index contributed by atoms with van der Waals surface area (Å²) in [5, 5.41) is 14.0. The first-order valence-corrected chi connectivity index (χ1v) is 10.6. The summed E-state index contributed by atoms with van der Waals surface area (Å²) in [6, 6.07) is 7.99. The molecule has 0 saturated heterocycles. The Kier molecular flexibility index (Phi) is 8.31. The van der Waals surface area contributed by atoms with E-state index in [2.05, 4.69) is 15.6 Å². The van der Waals surface area contributed by atoms with Gasteiger partial charge >= 0.3 is 5.97 Å². The topological polar surface area (TPSA) is 219 Å². The average molecular weight is 466 g/mol. The van der Waals surface area contributed by atoms with E-state index in [-0.39, 0.29) is 35.5 Å². The maximum atomic E-state index is 12.3. The number of guanidine groups is 1. The zero-order valence-corrected chi connectivity index (χ0v) is 17.5. The molecule has 14 heteroatoms. The summed E-state index contributed by atoms with van der Waals surface area (Å²) in [5.74, 6) is -3.51. The van der Waals surface area contributed by atoms with Gasteiger partial charge in [0.1, 0.15) is 6.04 Å². The Labute approximate surface area is 182 Å². The number of carboxylic acid groups (broad SMARTS) is 1. The zero-order chi connectivity index (χ0) is 23.7. The minimum absolute atomic E-state index is 0.123. The van der Waals surface area contributed by atoms with Crippen molar-refractivity contribution in [2.45, 2.75) is 10.9 Å². The molecule has 1 aromatic carbocycles. The van der Waals surface area contributed by atoms with E-state index >= 15 is 0 Å². The monoisotopic (exact) mass is 466 g/mol. The number of carbonyl (C=O) groups excluding carboxylic acids is 2. The highest BCUT2D eigenvalue weighted by Crippen LogP contribution is 2.09. The number of hydrogen-bond acceptors (Lipinski definition) is 7. The van der Waals surface area contributed by atoms with Crippen LogP contribution in [0.2, 0.25) is 0 Å². The van der Waals surface area contributed by atoms with Crippen molar-refractivity contribution in [3.8, 4) is 0 Å². The van der Waals surface area contributed by atoms with Gasteiger partial charge < -0.3 is 31.6 Å². The molecular formula is C18H22N6O7S. The Morgan fingerprint density at radius 2 is 1.59 bits per heavy atom. The molecule has 0 spiro atoms. The first-order valence-electron chi connectivity index (χ1n) is 9.12. The fourth-order valence-electron chi connectivity index (χ4n) is 2.34. The van der Waals surface area contributed by atoms with Crippen molar-refractivity contribution in [3.05, 3.63) is 54.0 Å². The molecule has 0 bridgehead atoms. The number of sulfonamides is 1. The van der Waals surface area contributed by atoms with Gasteiger partial charge in [-0.25, -0.2) is 8.42 Å². The molecular weight excluding hydrogens is 444 g/mol. The summed E-state index contributed by atoms with van der Waals surface area (Å²) in [4.78, 5) is 39.2. The molecule has 32 heavy (non-hydrogen) atoms. The van der Waals surface area contributed by atoms with Crippen molar-refractivity contribution in [2.24, 2.45) is 16.5 Å². The lowest BCUT2D eigenvalue weighted by atomic mass is 10.3. The number of hydrogen-bond donors (Lipinski definition) is 6. The van der Waals surface area contributed by atoms with Crippen molar-refractivity contribution in [1.82, 2.24) is 15.4 Å². The molecule has 2 aromatic rings. The number of amides is 2. The van der Waals surface area contributed by atoms with Gasteiger partial charge in [0.2, 0.25) is 10.0 Å². The van der Waals surface area contributed by atoms with Crippen LogP contribution < -0.4 is 26.8 Å².